The zero-order valence-electron chi connectivity index (χ0n) is 48.3. The van der Waals surface area contributed by atoms with Crippen LogP contribution in [0.25, 0.3) is 0 Å². The molecule has 430 valence electrons. The first kappa shape index (κ1) is 69.8. The summed E-state index contributed by atoms with van der Waals surface area (Å²) in [4.78, 5) is 19.0. The van der Waals surface area contributed by atoms with E-state index >= 15 is 0 Å². The minimum absolute atomic E-state index is 0.0602. The van der Waals surface area contributed by atoms with Crippen molar-refractivity contribution in [2.45, 2.75) is 232 Å². The molecule has 1 aromatic rings. The maximum Gasteiger partial charge on any atom is 0.365 e. The lowest BCUT2D eigenvalue weighted by Gasteiger charge is -2.22. The second-order valence-corrected chi connectivity index (χ2v) is 23.4. The third-order valence-electron chi connectivity index (χ3n) is 13.8. The van der Waals surface area contributed by atoms with Gasteiger partial charge in [-0.25, -0.2) is 4.99 Å². The number of hydrogen-bond acceptors (Lipinski definition) is 6. The number of amides is 1. The molecule has 1 atom stereocenters. The number of nitrogens with two attached hydrogens (primary N) is 1. The summed E-state index contributed by atoms with van der Waals surface area (Å²) in [5.74, 6) is 3.41. The molecule has 0 saturated carbocycles. The zero-order chi connectivity index (χ0) is 53.5. The lowest BCUT2D eigenvalue weighted by atomic mass is 10.1. The van der Waals surface area contributed by atoms with E-state index in [1.54, 1.807) is 21.6 Å². The predicted octanol–water partition coefficient (Wildman–Crippen LogP) is 9.31. The van der Waals surface area contributed by atoms with E-state index in [0.29, 0.717) is 37.6 Å². The highest BCUT2D eigenvalue weighted by Crippen LogP contribution is 2.29. The molecule has 1 amide bonds. The molecule has 0 radical (unpaired) electrons. The number of quaternary nitrogens is 4. The molecule has 0 spiro atoms. The van der Waals surface area contributed by atoms with E-state index in [1.165, 1.54) is 161 Å². The Hall–Kier alpha value is -2.26. The van der Waals surface area contributed by atoms with E-state index in [1.807, 2.05) is 18.2 Å². The molecule has 0 fully saturated rings. The zero-order valence-corrected chi connectivity index (χ0v) is 49.9. The Morgan fingerprint density at radius 1 is 0.608 bits per heavy atom. The highest BCUT2D eigenvalue weighted by Gasteiger charge is 2.22. The van der Waals surface area contributed by atoms with Gasteiger partial charge in [0.1, 0.15) is 0 Å². The van der Waals surface area contributed by atoms with Crippen LogP contribution in [0.5, 0.6) is 11.5 Å². The van der Waals surface area contributed by atoms with Crippen molar-refractivity contribution in [3.8, 4) is 11.5 Å². The van der Waals surface area contributed by atoms with Crippen LogP contribution in [0.4, 0.5) is 0 Å². The van der Waals surface area contributed by atoms with Crippen molar-refractivity contribution in [1.82, 2.24) is 10.2 Å². The van der Waals surface area contributed by atoms with Crippen LogP contribution in [0.3, 0.4) is 0 Å². The van der Waals surface area contributed by atoms with Crippen molar-refractivity contribution in [3.63, 3.8) is 0 Å². The normalized spacial score (nSPS) is 12.5. The first-order valence-electron chi connectivity index (χ1n) is 31.0. The average Bonchev–Trinajstić information content (AvgIpc) is 3.41. The Morgan fingerprint density at radius 3 is 1.58 bits per heavy atom. The molecule has 1 rings (SSSR count). The monoisotopic (exact) mass is 1080 g/mol. The van der Waals surface area contributed by atoms with E-state index in [0.717, 1.165) is 114 Å². The fourth-order valence-corrected chi connectivity index (χ4v) is 10.9. The number of nitrogens with one attached hydrogen (secondary N) is 2. The van der Waals surface area contributed by atoms with Crippen LogP contribution in [-0.4, -0.2) is 111 Å². The fourth-order valence-electron chi connectivity index (χ4n) is 9.09. The van der Waals surface area contributed by atoms with Gasteiger partial charge in [-0.3, -0.25) is 4.79 Å². The van der Waals surface area contributed by atoms with Gasteiger partial charge in [0, 0.05) is 57.1 Å². The predicted molar refractivity (Wildman–Crippen MR) is 320 cm³/mol. The maximum atomic E-state index is 13.3. The Morgan fingerprint density at radius 2 is 1.07 bits per heavy atom. The molecular weight excluding hydrogens is 959 g/mol. The quantitative estimate of drug-likeness (QED) is 0.0111. The van der Waals surface area contributed by atoms with E-state index in [4.69, 9.17) is 9.47 Å². The summed E-state index contributed by atoms with van der Waals surface area (Å²) in [6, 6.07) is 5.75. The highest BCUT2D eigenvalue weighted by atomic mass is 33.1. The van der Waals surface area contributed by atoms with E-state index in [9.17, 15) is 9.90 Å². The first-order valence-corrected chi connectivity index (χ1v) is 33.4. The number of ether oxygens (including phenoxy) is 2. The molecule has 0 bridgehead atoms. The molecule has 13 heteroatoms. The standard InChI is InChI=1S/C61H115N7O4S2/c1-3-5-7-9-11-13-15-17-19-21-23-25-27-29-31-33-51-71-58-41-40-56(55-59(58)72-52-34-32-30-28-26-24-22-20-18-16-14-12-10-8-6-4-2)60(69)66-46-53-73-74-54-47-67-61(70)57(65-45-36-42-62)39-35-48-68(49-37-43-63)50-38-44-64/h17-20,40-41,55,57,65H,3-16,21-39,42-54,62-64H2,1-2H3,(H,66,69)(H,67,70)/p+5/b19-17-,20-18-/t57-/m0/s1. The van der Waals surface area contributed by atoms with Gasteiger partial charge in [0.25, 0.3) is 5.91 Å². The van der Waals surface area contributed by atoms with Crippen LogP contribution >= 0.6 is 21.6 Å². The molecule has 0 heterocycles. The second kappa shape index (κ2) is 55.5. The molecule has 0 aromatic heterocycles. The number of allylic oxidation sites excluding steroid dienone is 4. The summed E-state index contributed by atoms with van der Waals surface area (Å²) in [6.07, 6.45) is 50.7. The van der Waals surface area contributed by atoms with E-state index in [2.05, 4.69) is 75.9 Å². The van der Waals surface area contributed by atoms with Crippen molar-refractivity contribution >= 4 is 33.4 Å². The first-order chi connectivity index (χ1) is 36.5. The van der Waals surface area contributed by atoms with Gasteiger partial charge in [0.05, 0.1) is 50.7 Å². The highest BCUT2D eigenvalue weighted by molar-refractivity contribution is 8.76. The molecule has 0 saturated heterocycles. The van der Waals surface area contributed by atoms with Gasteiger partial charge in [0.15, 0.2) is 24.1 Å². The van der Waals surface area contributed by atoms with Gasteiger partial charge in [0.2, 0.25) is 0 Å². The van der Waals surface area contributed by atoms with Crippen LogP contribution in [0, 0.1) is 0 Å². The Labute approximate surface area is 463 Å². The molecule has 14 N–H and O–H groups in total. The summed E-state index contributed by atoms with van der Waals surface area (Å²) in [7, 11) is 3.51. The van der Waals surface area contributed by atoms with Crippen molar-refractivity contribution in [1.29, 1.82) is 0 Å². The van der Waals surface area contributed by atoms with Gasteiger partial charge in [-0.05, 0) is 89.3 Å². The maximum absolute atomic E-state index is 13.3. The van der Waals surface area contributed by atoms with E-state index in [-0.39, 0.29) is 17.8 Å². The molecule has 0 unspecified atom stereocenters. The van der Waals surface area contributed by atoms with Crippen LogP contribution in [0.15, 0.2) is 42.5 Å². The summed E-state index contributed by atoms with van der Waals surface area (Å²) in [5.41, 5.74) is 12.7. The molecule has 1 aromatic carbocycles. The number of aliphatic hydroxyl groups excluding tert-OH is 1. The van der Waals surface area contributed by atoms with Crippen molar-refractivity contribution in [2.75, 3.05) is 83.6 Å². The lowest BCUT2D eigenvalue weighted by Crippen LogP contribution is -2.93. The van der Waals surface area contributed by atoms with E-state index < -0.39 is 0 Å². The average molecular weight is 1080 g/mol. The third kappa shape index (κ3) is 43.8. The Balaban J connectivity index is 2.56. The number of nitrogens with zero attached hydrogens (tertiary/aromatic N) is 1. The minimum Gasteiger partial charge on any atom is -0.490 e. The van der Waals surface area contributed by atoms with Gasteiger partial charge in [-0.1, -0.05) is 175 Å². The molecular formula is C61H120N7O4S2+5. The minimum atomic E-state index is -0.0602. The van der Waals surface area contributed by atoms with Crippen LogP contribution in [0.2, 0.25) is 0 Å². The molecule has 11 nitrogen and oxygen atoms in total. The smallest absolute Gasteiger partial charge is 0.365 e. The number of benzene rings is 1. The topological polar surface area (TPSA) is 185 Å². The van der Waals surface area contributed by atoms with Crippen LogP contribution in [-0.2, 0) is 4.79 Å². The molecule has 0 aliphatic heterocycles. The number of aliphatic hydroxyl groups is 1. The summed E-state index contributed by atoms with van der Waals surface area (Å²) in [5, 5.41) is 16.5. The fraction of sp³-hybridized carbons (Fsp3) is 0.803. The Kier molecular flexibility index (Phi) is 52.3. The SMILES string of the molecule is CCCCCCCC/C=C\CCCCCCCCOc1ccc(C(O)=[NH+]CCSSCCNC(=O)[C@H](CCCN(CCC[NH3+])CCC[NH3+])[NH2+]CCC[NH3+])cc1OCCCCCCCC/C=C\CCCCCCCC. The number of carbonyl (C=O) groups is 1. The van der Waals surface area contributed by atoms with Crippen molar-refractivity contribution in [3.05, 3.63) is 48.1 Å². The summed E-state index contributed by atoms with van der Waals surface area (Å²) >= 11 is 0. The molecule has 0 aliphatic rings. The van der Waals surface area contributed by atoms with Crippen molar-refractivity contribution < 1.29 is 46.9 Å². The van der Waals surface area contributed by atoms with Crippen LogP contribution < -0.4 is 42.3 Å². The lowest BCUT2D eigenvalue weighted by molar-refractivity contribution is -0.679. The largest absolute Gasteiger partial charge is 0.490 e. The Bertz CT molecular complexity index is 1460. The van der Waals surface area contributed by atoms with Gasteiger partial charge in [-0.15, -0.1) is 0 Å². The number of carbonyl (C=O) groups excluding carboxylic acids is 1. The van der Waals surface area contributed by atoms with Crippen LogP contribution in [0.1, 0.15) is 231 Å². The third-order valence-corrected chi connectivity index (χ3v) is 16.2. The van der Waals surface area contributed by atoms with Crippen molar-refractivity contribution in [2.24, 2.45) is 0 Å². The number of hydrogen-bond donors (Lipinski definition) is 7. The summed E-state index contributed by atoms with van der Waals surface area (Å²) < 4.78 is 12.7. The van der Waals surface area contributed by atoms with Gasteiger partial charge < -0.3 is 47.3 Å². The van der Waals surface area contributed by atoms with Gasteiger partial charge >= 0.3 is 5.90 Å². The van der Waals surface area contributed by atoms with Gasteiger partial charge in [-0.2, -0.15) is 0 Å². The second-order valence-electron chi connectivity index (χ2n) is 20.7. The summed E-state index contributed by atoms with van der Waals surface area (Å²) in [6.45, 7) is 14.0. The number of rotatable bonds is 57. The molecule has 0 aliphatic carbocycles. The number of unbranched alkanes of at least 4 members (excludes halogenated alkanes) is 24. The molecule has 74 heavy (non-hydrogen) atoms.